The maximum Gasteiger partial charge on any atom is 0.123 e. The molecule has 1 aromatic heterocycles. The molecule has 3 nitrogen and oxygen atoms in total. The van der Waals surface area contributed by atoms with Crippen LogP contribution in [0.15, 0.2) is 65.8 Å². The molecule has 0 atom stereocenters. The number of rotatable bonds is 3. The average molecular weight is 265 g/mol. The third-order valence-corrected chi connectivity index (χ3v) is 2.85. The SMILES string of the molecule is Fc1ccc(N/N=C/c2ccc3ccccc3n2)cc1. The maximum absolute atomic E-state index is 12.7. The summed E-state index contributed by atoms with van der Waals surface area (Å²) >= 11 is 0. The van der Waals surface area contributed by atoms with E-state index >= 15 is 0 Å². The zero-order chi connectivity index (χ0) is 13.8. The molecule has 1 heterocycles. The normalized spacial score (nSPS) is 11.1. The zero-order valence-electron chi connectivity index (χ0n) is 10.6. The number of halogens is 1. The number of nitrogens with one attached hydrogen (secondary N) is 1. The van der Waals surface area contributed by atoms with Crippen molar-refractivity contribution in [1.82, 2.24) is 4.98 Å². The molecule has 2 aromatic carbocycles. The molecule has 3 rings (SSSR count). The molecule has 20 heavy (non-hydrogen) atoms. The number of hydrogen-bond donors (Lipinski definition) is 1. The van der Waals surface area contributed by atoms with Crippen LogP contribution in [0.4, 0.5) is 10.1 Å². The van der Waals surface area contributed by atoms with Gasteiger partial charge in [-0.3, -0.25) is 5.43 Å². The summed E-state index contributed by atoms with van der Waals surface area (Å²) in [5, 5.41) is 5.18. The van der Waals surface area contributed by atoms with Crippen molar-refractivity contribution in [2.45, 2.75) is 0 Å². The highest BCUT2D eigenvalue weighted by Crippen LogP contribution is 2.11. The predicted molar refractivity (Wildman–Crippen MR) is 79.4 cm³/mol. The first-order chi connectivity index (χ1) is 9.81. The smallest absolute Gasteiger partial charge is 0.123 e. The molecule has 3 aromatic rings. The molecule has 0 aliphatic heterocycles. The number of aromatic nitrogens is 1. The van der Waals surface area contributed by atoms with Crippen molar-refractivity contribution >= 4 is 22.8 Å². The first-order valence-corrected chi connectivity index (χ1v) is 6.22. The number of hydrazone groups is 1. The number of fused-ring (bicyclic) bond motifs is 1. The highest BCUT2D eigenvalue weighted by molar-refractivity contribution is 5.85. The van der Waals surface area contributed by atoms with Gasteiger partial charge in [0.1, 0.15) is 5.82 Å². The lowest BCUT2D eigenvalue weighted by Crippen LogP contribution is -1.93. The van der Waals surface area contributed by atoms with E-state index in [4.69, 9.17) is 0 Å². The van der Waals surface area contributed by atoms with Gasteiger partial charge in [0.25, 0.3) is 0 Å². The fourth-order valence-electron chi connectivity index (χ4n) is 1.85. The van der Waals surface area contributed by atoms with Crippen molar-refractivity contribution in [3.8, 4) is 0 Å². The largest absolute Gasteiger partial charge is 0.278 e. The minimum atomic E-state index is -0.268. The van der Waals surface area contributed by atoms with Crippen molar-refractivity contribution in [1.29, 1.82) is 0 Å². The molecule has 1 N–H and O–H groups in total. The van der Waals surface area contributed by atoms with Gasteiger partial charge in [-0.05, 0) is 36.4 Å². The quantitative estimate of drug-likeness (QED) is 0.577. The summed E-state index contributed by atoms with van der Waals surface area (Å²) in [6.07, 6.45) is 1.63. The van der Waals surface area contributed by atoms with Crippen LogP contribution in [0.2, 0.25) is 0 Å². The number of nitrogens with zero attached hydrogens (tertiary/aromatic N) is 2. The fraction of sp³-hybridized carbons (Fsp3) is 0. The van der Waals surface area contributed by atoms with E-state index < -0.39 is 0 Å². The summed E-state index contributed by atoms with van der Waals surface area (Å²) < 4.78 is 12.7. The highest BCUT2D eigenvalue weighted by Gasteiger charge is 1.95. The molecule has 0 unspecified atom stereocenters. The second-order valence-corrected chi connectivity index (χ2v) is 4.31. The van der Waals surface area contributed by atoms with Crippen LogP contribution in [0.1, 0.15) is 5.69 Å². The first kappa shape index (κ1) is 12.3. The lowest BCUT2D eigenvalue weighted by atomic mass is 10.2. The fourth-order valence-corrected chi connectivity index (χ4v) is 1.85. The van der Waals surface area contributed by atoms with E-state index in [1.54, 1.807) is 18.3 Å². The molecule has 0 amide bonds. The number of benzene rings is 2. The van der Waals surface area contributed by atoms with Crippen molar-refractivity contribution in [2.75, 3.05) is 5.43 Å². The molecule has 4 heteroatoms. The van der Waals surface area contributed by atoms with E-state index in [0.29, 0.717) is 0 Å². The summed E-state index contributed by atoms with van der Waals surface area (Å²) in [5.74, 6) is -0.268. The van der Waals surface area contributed by atoms with Gasteiger partial charge in [0.2, 0.25) is 0 Å². The van der Waals surface area contributed by atoms with E-state index in [1.807, 2.05) is 36.4 Å². The Balaban J connectivity index is 1.75. The maximum atomic E-state index is 12.7. The Morgan fingerprint density at radius 3 is 2.60 bits per heavy atom. The van der Waals surface area contributed by atoms with Gasteiger partial charge in [-0.15, -0.1) is 0 Å². The number of anilines is 1. The van der Waals surface area contributed by atoms with Gasteiger partial charge in [-0.25, -0.2) is 9.37 Å². The van der Waals surface area contributed by atoms with Crippen molar-refractivity contribution < 1.29 is 4.39 Å². The van der Waals surface area contributed by atoms with Crippen LogP contribution in [0, 0.1) is 5.82 Å². The van der Waals surface area contributed by atoms with E-state index in [-0.39, 0.29) is 5.82 Å². The Morgan fingerprint density at radius 2 is 1.75 bits per heavy atom. The minimum Gasteiger partial charge on any atom is -0.278 e. The topological polar surface area (TPSA) is 37.3 Å². The van der Waals surface area contributed by atoms with Crippen LogP contribution in [0.5, 0.6) is 0 Å². The third-order valence-electron chi connectivity index (χ3n) is 2.85. The molecule has 0 aliphatic carbocycles. The number of pyridine rings is 1. The summed E-state index contributed by atoms with van der Waals surface area (Å²) in [6.45, 7) is 0. The van der Waals surface area contributed by atoms with E-state index in [9.17, 15) is 4.39 Å². The Kier molecular flexibility index (Phi) is 3.37. The Hall–Kier alpha value is -2.75. The molecule has 0 spiro atoms. The molecule has 0 radical (unpaired) electrons. The summed E-state index contributed by atoms with van der Waals surface area (Å²) in [7, 11) is 0. The highest BCUT2D eigenvalue weighted by atomic mass is 19.1. The van der Waals surface area contributed by atoms with Gasteiger partial charge in [-0.1, -0.05) is 24.3 Å². The second-order valence-electron chi connectivity index (χ2n) is 4.31. The van der Waals surface area contributed by atoms with E-state index in [2.05, 4.69) is 15.5 Å². The van der Waals surface area contributed by atoms with Gasteiger partial charge in [0.05, 0.1) is 23.1 Å². The van der Waals surface area contributed by atoms with Gasteiger partial charge in [-0.2, -0.15) is 5.10 Å². The molecule has 0 saturated heterocycles. The summed E-state index contributed by atoms with van der Waals surface area (Å²) in [4.78, 5) is 4.47. The Labute approximate surface area is 115 Å². The first-order valence-electron chi connectivity index (χ1n) is 6.22. The van der Waals surface area contributed by atoms with E-state index in [0.717, 1.165) is 22.3 Å². The van der Waals surface area contributed by atoms with Gasteiger partial charge >= 0.3 is 0 Å². The number of hydrogen-bond acceptors (Lipinski definition) is 3. The van der Waals surface area contributed by atoms with Crippen molar-refractivity contribution in [2.24, 2.45) is 5.10 Å². The molecule has 0 bridgehead atoms. The van der Waals surface area contributed by atoms with Gasteiger partial charge in [0, 0.05) is 5.39 Å². The van der Waals surface area contributed by atoms with Crippen molar-refractivity contribution in [3.63, 3.8) is 0 Å². The standard InChI is InChI=1S/C16H12FN3/c17-13-6-9-14(10-7-13)20-18-11-15-8-5-12-3-1-2-4-16(12)19-15/h1-11,20H/b18-11+. The van der Waals surface area contributed by atoms with Crippen LogP contribution >= 0.6 is 0 Å². The zero-order valence-corrected chi connectivity index (χ0v) is 10.6. The van der Waals surface area contributed by atoms with Gasteiger partial charge in [0.15, 0.2) is 0 Å². The molecule has 98 valence electrons. The van der Waals surface area contributed by atoms with Crippen LogP contribution < -0.4 is 5.43 Å². The predicted octanol–water partition coefficient (Wildman–Crippen LogP) is 3.82. The van der Waals surface area contributed by atoms with Crippen LogP contribution in [-0.4, -0.2) is 11.2 Å². The lowest BCUT2D eigenvalue weighted by Gasteiger charge is -2.00. The third kappa shape index (κ3) is 2.80. The van der Waals surface area contributed by atoms with E-state index in [1.165, 1.54) is 12.1 Å². The van der Waals surface area contributed by atoms with Gasteiger partial charge < -0.3 is 0 Å². The monoisotopic (exact) mass is 265 g/mol. The summed E-state index contributed by atoms with van der Waals surface area (Å²) in [5.41, 5.74) is 5.25. The van der Waals surface area contributed by atoms with Crippen LogP contribution in [0.25, 0.3) is 10.9 Å². The molecular weight excluding hydrogens is 253 g/mol. The lowest BCUT2D eigenvalue weighted by molar-refractivity contribution is 0.628. The van der Waals surface area contributed by atoms with Crippen molar-refractivity contribution in [3.05, 3.63) is 72.2 Å². The Morgan fingerprint density at radius 1 is 0.950 bits per heavy atom. The molecule has 0 fully saturated rings. The van der Waals surface area contributed by atoms with Crippen LogP contribution in [0.3, 0.4) is 0 Å². The number of para-hydroxylation sites is 1. The molecule has 0 aliphatic rings. The molecule has 0 saturated carbocycles. The second kappa shape index (κ2) is 5.48. The summed E-state index contributed by atoms with van der Waals surface area (Å²) in [6, 6.07) is 17.8. The Bertz CT molecular complexity index is 751. The average Bonchev–Trinajstić information content (AvgIpc) is 2.49. The van der Waals surface area contributed by atoms with Crippen LogP contribution in [-0.2, 0) is 0 Å². The molecular formula is C16H12FN3. The minimum absolute atomic E-state index is 0.268.